The number of hydrogen-bond acceptors (Lipinski definition) is 5. The van der Waals surface area contributed by atoms with Crippen LogP contribution in [0.5, 0.6) is 5.75 Å². The van der Waals surface area contributed by atoms with E-state index in [1.54, 1.807) is 34.9 Å². The maximum Gasteiger partial charge on any atom is 0.191 e. The Labute approximate surface area is 182 Å². The number of nitrogens with zero attached hydrogens (tertiary/aromatic N) is 2. The van der Waals surface area contributed by atoms with Gasteiger partial charge in [-0.25, -0.2) is 8.42 Å². The molecule has 1 atom stereocenters. The number of benzene rings is 1. The number of aliphatic imine (C=N–C) groups is 1. The van der Waals surface area contributed by atoms with Crippen LogP contribution in [0, 0.1) is 0 Å². The summed E-state index contributed by atoms with van der Waals surface area (Å²) in [7, 11) is 0.215. The number of hydrogen-bond donors (Lipinski definition) is 2. The third-order valence-corrected chi connectivity index (χ3v) is 8.22. The molecule has 0 radical (unpaired) electrons. The molecule has 1 aliphatic heterocycles. The molecule has 7 nitrogen and oxygen atoms in total. The summed E-state index contributed by atoms with van der Waals surface area (Å²) < 4.78 is 29.2. The SMILES string of the molecule is CN=C(NCCS(=O)(=O)C(C)(C)C)NCC(c1ccc(OC)cc1)N1CCCCC1. The number of nitrogens with one attached hydrogen (secondary N) is 2. The van der Waals surface area contributed by atoms with Crippen molar-refractivity contribution in [3.8, 4) is 5.75 Å². The van der Waals surface area contributed by atoms with E-state index in [9.17, 15) is 8.42 Å². The second-order valence-electron chi connectivity index (χ2n) is 8.70. The van der Waals surface area contributed by atoms with E-state index in [1.807, 2.05) is 12.1 Å². The summed E-state index contributed by atoms with van der Waals surface area (Å²) in [6.45, 7) is 8.37. The Balaban J connectivity index is 2.00. The highest BCUT2D eigenvalue weighted by atomic mass is 32.2. The van der Waals surface area contributed by atoms with Gasteiger partial charge in [-0.05, 0) is 64.4 Å². The zero-order valence-electron chi connectivity index (χ0n) is 19.1. The van der Waals surface area contributed by atoms with Gasteiger partial charge in [-0.3, -0.25) is 9.89 Å². The molecule has 0 bridgehead atoms. The van der Waals surface area contributed by atoms with E-state index < -0.39 is 14.6 Å². The molecule has 2 N–H and O–H groups in total. The Morgan fingerprint density at radius 1 is 1.13 bits per heavy atom. The van der Waals surface area contributed by atoms with Crippen molar-refractivity contribution in [3.05, 3.63) is 29.8 Å². The first-order chi connectivity index (χ1) is 14.2. The van der Waals surface area contributed by atoms with Gasteiger partial charge in [0.15, 0.2) is 15.8 Å². The number of ether oxygens (including phenoxy) is 1. The normalized spacial score (nSPS) is 17.4. The summed E-state index contributed by atoms with van der Waals surface area (Å²) in [5.41, 5.74) is 1.23. The van der Waals surface area contributed by atoms with E-state index in [2.05, 4.69) is 32.7 Å². The molecule has 1 aromatic carbocycles. The molecule has 1 heterocycles. The van der Waals surface area contributed by atoms with Gasteiger partial charge in [-0.15, -0.1) is 0 Å². The van der Waals surface area contributed by atoms with Gasteiger partial charge >= 0.3 is 0 Å². The standard InChI is InChI=1S/C22H38N4O3S/c1-22(2,3)30(27,28)16-13-24-21(23-4)25-17-20(26-14-7-6-8-15-26)18-9-11-19(29-5)12-10-18/h9-12,20H,6-8,13-17H2,1-5H3,(H2,23,24,25). The van der Waals surface area contributed by atoms with Gasteiger partial charge in [0.05, 0.1) is 23.7 Å². The molecule has 30 heavy (non-hydrogen) atoms. The summed E-state index contributed by atoms with van der Waals surface area (Å²) in [4.78, 5) is 6.78. The van der Waals surface area contributed by atoms with Crippen LogP contribution in [-0.4, -0.2) is 70.1 Å². The zero-order chi connectivity index (χ0) is 22.2. The fraction of sp³-hybridized carbons (Fsp3) is 0.682. The van der Waals surface area contributed by atoms with E-state index in [1.165, 1.54) is 24.8 Å². The highest BCUT2D eigenvalue weighted by molar-refractivity contribution is 7.92. The van der Waals surface area contributed by atoms with Crippen molar-refractivity contribution in [1.82, 2.24) is 15.5 Å². The molecule has 0 spiro atoms. The molecule has 1 fully saturated rings. The summed E-state index contributed by atoms with van der Waals surface area (Å²) in [6, 6.07) is 8.44. The van der Waals surface area contributed by atoms with Gasteiger partial charge in [0.25, 0.3) is 0 Å². The van der Waals surface area contributed by atoms with E-state index in [0.29, 0.717) is 19.0 Å². The number of guanidine groups is 1. The van der Waals surface area contributed by atoms with Crippen LogP contribution >= 0.6 is 0 Å². The largest absolute Gasteiger partial charge is 0.497 e. The van der Waals surface area contributed by atoms with Crippen LogP contribution in [0.3, 0.4) is 0 Å². The summed E-state index contributed by atoms with van der Waals surface area (Å²) >= 11 is 0. The molecule has 0 aromatic heterocycles. The molecule has 1 aliphatic rings. The van der Waals surface area contributed by atoms with Crippen LogP contribution in [0.1, 0.15) is 51.6 Å². The minimum atomic E-state index is -3.17. The van der Waals surface area contributed by atoms with Crippen molar-refractivity contribution in [1.29, 1.82) is 0 Å². The third kappa shape index (κ3) is 6.87. The Morgan fingerprint density at radius 2 is 1.77 bits per heavy atom. The molecule has 1 aromatic rings. The van der Waals surface area contributed by atoms with Crippen LogP contribution < -0.4 is 15.4 Å². The Kier molecular flexibility index (Phi) is 8.97. The van der Waals surface area contributed by atoms with Gasteiger partial charge in [0.1, 0.15) is 5.75 Å². The third-order valence-electron chi connectivity index (χ3n) is 5.61. The van der Waals surface area contributed by atoms with E-state index in [-0.39, 0.29) is 11.8 Å². The fourth-order valence-corrected chi connectivity index (χ4v) is 4.52. The van der Waals surface area contributed by atoms with Crippen LogP contribution in [-0.2, 0) is 9.84 Å². The molecular weight excluding hydrogens is 400 g/mol. The first kappa shape index (κ1) is 24.5. The average Bonchev–Trinajstić information content (AvgIpc) is 2.73. The Hall–Kier alpha value is -1.80. The first-order valence-electron chi connectivity index (χ1n) is 10.7. The van der Waals surface area contributed by atoms with Gasteiger partial charge in [0, 0.05) is 20.1 Å². The average molecular weight is 439 g/mol. The number of rotatable bonds is 8. The van der Waals surface area contributed by atoms with Crippen molar-refractivity contribution < 1.29 is 13.2 Å². The lowest BCUT2D eigenvalue weighted by molar-refractivity contribution is 0.164. The molecule has 2 rings (SSSR count). The van der Waals surface area contributed by atoms with E-state index in [4.69, 9.17) is 4.74 Å². The van der Waals surface area contributed by atoms with Crippen LogP contribution in [0.15, 0.2) is 29.3 Å². The number of piperidine rings is 1. The maximum absolute atomic E-state index is 12.3. The minimum Gasteiger partial charge on any atom is -0.497 e. The van der Waals surface area contributed by atoms with E-state index in [0.717, 1.165) is 18.8 Å². The minimum absolute atomic E-state index is 0.0746. The number of likely N-dealkylation sites (tertiary alicyclic amines) is 1. The van der Waals surface area contributed by atoms with Crippen LogP contribution in [0.4, 0.5) is 0 Å². The second kappa shape index (κ2) is 11.0. The topological polar surface area (TPSA) is 83.0 Å². The van der Waals surface area contributed by atoms with Gasteiger partial charge in [0.2, 0.25) is 0 Å². The highest BCUT2D eigenvalue weighted by Crippen LogP contribution is 2.25. The molecule has 170 valence electrons. The molecule has 0 amide bonds. The lowest BCUT2D eigenvalue weighted by atomic mass is 10.0. The summed E-state index contributed by atoms with van der Waals surface area (Å²) in [5.74, 6) is 1.54. The van der Waals surface area contributed by atoms with Crippen molar-refractivity contribution in [2.75, 3.05) is 46.1 Å². The fourth-order valence-electron chi connectivity index (χ4n) is 3.54. The molecular formula is C22H38N4O3S. The van der Waals surface area contributed by atoms with Gasteiger partial charge in [-0.1, -0.05) is 18.6 Å². The van der Waals surface area contributed by atoms with Crippen molar-refractivity contribution in [2.45, 2.75) is 50.8 Å². The smallest absolute Gasteiger partial charge is 0.191 e. The molecule has 0 saturated carbocycles. The maximum atomic E-state index is 12.3. The van der Waals surface area contributed by atoms with E-state index >= 15 is 0 Å². The monoisotopic (exact) mass is 438 g/mol. The quantitative estimate of drug-likeness (QED) is 0.480. The molecule has 0 aliphatic carbocycles. The predicted molar refractivity (Wildman–Crippen MR) is 124 cm³/mol. The number of methoxy groups -OCH3 is 1. The lowest BCUT2D eigenvalue weighted by Crippen LogP contribution is -2.46. The van der Waals surface area contributed by atoms with Crippen molar-refractivity contribution in [2.24, 2.45) is 4.99 Å². The Morgan fingerprint density at radius 3 is 2.30 bits per heavy atom. The van der Waals surface area contributed by atoms with Gasteiger partial charge < -0.3 is 15.4 Å². The van der Waals surface area contributed by atoms with Crippen LogP contribution in [0.25, 0.3) is 0 Å². The van der Waals surface area contributed by atoms with Crippen molar-refractivity contribution in [3.63, 3.8) is 0 Å². The highest BCUT2D eigenvalue weighted by Gasteiger charge is 2.28. The van der Waals surface area contributed by atoms with Gasteiger partial charge in [-0.2, -0.15) is 0 Å². The molecule has 1 saturated heterocycles. The van der Waals surface area contributed by atoms with Crippen LogP contribution in [0.2, 0.25) is 0 Å². The zero-order valence-corrected chi connectivity index (χ0v) is 19.9. The second-order valence-corrected chi connectivity index (χ2v) is 11.6. The molecule has 8 heteroatoms. The predicted octanol–water partition coefficient (Wildman–Crippen LogP) is 2.60. The van der Waals surface area contributed by atoms with Crippen molar-refractivity contribution >= 4 is 15.8 Å². The number of sulfone groups is 1. The Bertz CT molecular complexity index is 780. The summed E-state index contributed by atoms with van der Waals surface area (Å²) in [5, 5.41) is 6.54. The lowest BCUT2D eigenvalue weighted by Gasteiger charge is -2.35. The first-order valence-corrected chi connectivity index (χ1v) is 12.4. The summed E-state index contributed by atoms with van der Waals surface area (Å²) in [6.07, 6.45) is 3.71. The molecule has 1 unspecified atom stereocenters.